The molecule has 0 aromatic rings. The van der Waals surface area contributed by atoms with Crippen molar-refractivity contribution in [1.82, 2.24) is 9.80 Å². The van der Waals surface area contributed by atoms with Crippen molar-refractivity contribution in [2.24, 2.45) is 0 Å². The molecule has 1 rings (SSSR count). The summed E-state index contributed by atoms with van der Waals surface area (Å²) in [7, 11) is 2.03. The molecule has 0 spiro atoms. The van der Waals surface area contributed by atoms with Crippen LogP contribution < -0.4 is 0 Å². The van der Waals surface area contributed by atoms with Gasteiger partial charge < -0.3 is 9.80 Å². The topological polar surface area (TPSA) is 6.48 Å². The average molecular weight is 125 g/mol. The Hall–Kier alpha value is -0.660. The minimum atomic E-state index is 0.599. The van der Waals surface area contributed by atoms with E-state index in [-0.39, 0.29) is 0 Å². The summed E-state index contributed by atoms with van der Waals surface area (Å²) in [5, 5.41) is 0. The van der Waals surface area contributed by atoms with Crippen molar-refractivity contribution < 1.29 is 0 Å². The van der Waals surface area contributed by atoms with E-state index in [9.17, 15) is 0 Å². The van der Waals surface area contributed by atoms with E-state index in [4.69, 9.17) is 0 Å². The molecule has 1 radical (unpaired) electrons. The van der Waals surface area contributed by atoms with Gasteiger partial charge in [-0.25, -0.2) is 0 Å². The molecule has 1 heterocycles. The Balaban J connectivity index is 2.41. The second kappa shape index (κ2) is 2.29. The molecule has 0 aromatic carbocycles. The Kier molecular flexibility index (Phi) is 1.65. The molecule has 0 unspecified atom stereocenters. The molecule has 2 nitrogen and oxygen atoms in total. The van der Waals surface area contributed by atoms with E-state index in [1.807, 2.05) is 18.1 Å². The normalized spacial score (nSPS) is 18.2. The molecule has 0 aliphatic carbocycles. The van der Waals surface area contributed by atoms with Crippen molar-refractivity contribution in [3.8, 4) is 0 Å². The van der Waals surface area contributed by atoms with Gasteiger partial charge in [0.25, 0.3) is 0 Å². The molecule has 0 aromatic heterocycles. The van der Waals surface area contributed by atoms with Crippen molar-refractivity contribution in [1.29, 1.82) is 0 Å². The number of hydrogen-bond acceptors (Lipinski definition) is 2. The summed E-state index contributed by atoms with van der Waals surface area (Å²) in [6.07, 6.45) is 5.09. The third-order valence-electron chi connectivity index (χ3n) is 1.48. The monoisotopic (exact) mass is 125 g/mol. The fraction of sp³-hybridized carbons (Fsp3) is 0.714. The van der Waals surface area contributed by atoms with Crippen LogP contribution in [0.2, 0.25) is 0 Å². The van der Waals surface area contributed by atoms with Crippen molar-refractivity contribution in [2.75, 3.05) is 13.7 Å². The first-order chi connectivity index (χ1) is 4.20. The maximum Gasteiger partial charge on any atom is 0.0899 e. The summed E-state index contributed by atoms with van der Waals surface area (Å²) >= 11 is 0. The molecule has 0 amide bonds. The first-order valence-electron chi connectivity index (χ1n) is 3.26. The van der Waals surface area contributed by atoms with Gasteiger partial charge in [0.2, 0.25) is 0 Å². The quantitative estimate of drug-likeness (QED) is 0.513. The smallest absolute Gasteiger partial charge is 0.0899 e. The summed E-state index contributed by atoms with van der Waals surface area (Å²) in [6, 6.07) is 0.599. The zero-order chi connectivity index (χ0) is 6.85. The Labute approximate surface area is 56.8 Å². The Morgan fingerprint density at radius 3 is 2.44 bits per heavy atom. The van der Waals surface area contributed by atoms with Gasteiger partial charge in [-0.15, -0.1) is 0 Å². The molecular weight excluding hydrogens is 112 g/mol. The third kappa shape index (κ3) is 1.37. The second-order valence-corrected chi connectivity index (χ2v) is 2.71. The maximum atomic E-state index is 3.09. The Bertz CT molecular complexity index is 118. The van der Waals surface area contributed by atoms with Crippen LogP contribution in [0, 0.1) is 6.20 Å². The highest BCUT2D eigenvalue weighted by atomic mass is 15.3. The van der Waals surface area contributed by atoms with Crippen LogP contribution in [-0.4, -0.2) is 29.6 Å². The van der Waals surface area contributed by atoms with Crippen LogP contribution in [0.1, 0.15) is 13.8 Å². The number of rotatable bonds is 1. The van der Waals surface area contributed by atoms with E-state index in [1.54, 1.807) is 0 Å². The number of hydrogen-bond donors (Lipinski definition) is 0. The predicted octanol–water partition coefficient (Wildman–Crippen LogP) is 0.874. The predicted molar refractivity (Wildman–Crippen MR) is 37.4 cm³/mol. The molecule has 2 heteroatoms. The van der Waals surface area contributed by atoms with Gasteiger partial charge in [-0.3, -0.25) is 0 Å². The number of nitrogens with zero attached hydrogens (tertiary/aromatic N) is 2. The highest BCUT2D eigenvalue weighted by Gasteiger charge is 2.10. The fourth-order valence-electron chi connectivity index (χ4n) is 0.812. The lowest BCUT2D eigenvalue weighted by atomic mass is 10.4. The van der Waals surface area contributed by atoms with Gasteiger partial charge in [-0.1, -0.05) is 0 Å². The van der Waals surface area contributed by atoms with Gasteiger partial charge >= 0.3 is 0 Å². The van der Waals surface area contributed by atoms with E-state index >= 15 is 0 Å². The van der Waals surface area contributed by atoms with E-state index < -0.39 is 0 Å². The summed E-state index contributed by atoms with van der Waals surface area (Å²) in [5.74, 6) is 0. The van der Waals surface area contributed by atoms with Gasteiger partial charge in [0.1, 0.15) is 0 Å². The molecule has 1 aliphatic rings. The van der Waals surface area contributed by atoms with Crippen LogP contribution in [0.25, 0.3) is 0 Å². The van der Waals surface area contributed by atoms with Crippen LogP contribution in [0.4, 0.5) is 0 Å². The molecule has 0 fully saturated rings. The maximum absolute atomic E-state index is 3.09. The first kappa shape index (κ1) is 6.46. The molecular formula is C7H13N2. The third-order valence-corrected chi connectivity index (χ3v) is 1.48. The van der Waals surface area contributed by atoms with E-state index in [0.29, 0.717) is 6.04 Å². The molecule has 51 valence electrons. The van der Waals surface area contributed by atoms with Crippen molar-refractivity contribution in [3.63, 3.8) is 0 Å². The SMILES string of the molecule is CC(C)N1C=[C]N(C)C1. The average Bonchev–Trinajstić information content (AvgIpc) is 2.14. The van der Waals surface area contributed by atoms with Crippen LogP contribution >= 0.6 is 0 Å². The van der Waals surface area contributed by atoms with Crippen LogP contribution in [0.5, 0.6) is 0 Å². The molecule has 0 saturated carbocycles. The van der Waals surface area contributed by atoms with Crippen molar-refractivity contribution in [2.45, 2.75) is 19.9 Å². The Morgan fingerprint density at radius 2 is 2.22 bits per heavy atom. The van der Waals surface area contributed by atoms with Crippen LogP contribution in [-0.2, 0) is 0 Å². The standard InChI is InChI=1S/C7H13N2/c1-7(2)9-5-4-8(3)6-9/h5,7H,6H2,1-3H3. The van der Waals surface area contributed by atoms with Gasteiger partial charge in [-0.2, -0.15) is 0 Å². The van der Waals surface area contributed by atoms with Gasteiger partial charge in [0, 0.05) is 19.3 Å². The van der Waals surface area contributed by atoms with Gasteiger partial charge in [-0.05, 0) is 13.8 Å². The molecule has 1 aliphatic heterocycles. The van der Waals surface area contributed by atoms with E-state index in [0.717, 1.165) is 6.67 Å². The molecule has 9 heavy (non-hydrogen) atoms. The summed E-state index contributed by atoms with van der Waals surface area (Å²) in [6.45, 7) is 5.34. The van der Waals surface area contributed by atoms with Crippen LogP contribution in [0.15, 0.2) is 6.20 Å². The summed E-state index contributed by atoms with van der Waals surface area (Å²) < 4.78 is 0. The van der Waals surface area contributed by atoms with Crippen LogP contribution in [0.3, 0.4) is 0 Å². The molecule has 0 bridgehead atoms. The minimum absolute atomic E-state index is 0.599. The highest BCUT2D eigenvalue weighted by molar-refractivity contribution is 4.84. The van der Waals surface area contributed by atoms with Crippen molar-refractivity contribution in [3.05, 3.63) is 12.4 Å². The van der Waals surface area contributed by atoms with E-state index in [1.165, 1.54) is 0 Å². The Morgan fingerprint density at radius 1 is 1.56 bits per heavy atom. The lowest BCUT2D eigenvalue weighted by Gasteiger charge is -2.21. The largest absolute Gasteiger partial charge is 0.356 e. The summed E-state index contributed by atoms with van der Waals surface area (Å²) in [4.78, 5) is 4.28. The minimum Gasteiger partial charge on any atom is -0.356 e. The lowest BCUT2D eigenvalue weighted by molar-refractivity contribution is 0.251. The highest BCUT2D eigenvalue weighted by Crippen LogP contribution is 2.06. The summed E-state index contributed by atoms with van der Waals surface area (Å²) in [5.41, 5.74) is 0. The van der Waals surface area contributed by atoms with Gasteiger partial charge in [0.15, 0.2) is 0 Å². The second-order valence-electron chi connectivity index (χ2n) is 2.71. The molecule has 0 N–H and O–H groups in total. The lowest BCUT2D eigenvalue weighted by Crippen LogP contribution is -2.28. The molecule has 0 saturated heterocycles. The van der Waals surface area contributed by atoms with Gasteiger partial charge in [0.05, 0.1) is 12.9 Å². The van der Waals surface area contributed by atoms with Crippen molar-refractivity contribution >= 4 is 0 Å². The first-order valence-corrected chi connectivity index (χ1v) is 3.26. The zero-order valence-electron chi connectivity index (χ0n) is 6.26. The molecule has 0 atom stereocenters. The zero-order valence-corrected chi connectivity index (χ0v) is 6.26. The fourth-order valence-corrected chi connectivity index (χ4v) is 0.812. The van der Waals surface area contributed by atoms with E-state index in [2.05, 4.69) is 24.9 Å².